The molecule has 0 bridgehead atoms. The highest BCUT2D eigenvalue weighted by molar-refractivity contribution is 8.00. The van der Waals surface area contributed by atoms with Gasteiger partial charge in [-0.25, -0.2) is 0 Å². The van der Waals surface area contributed by atoms with Gasteiger partial charge in [-0.05, 0) is 11.8 Å². The van der Waals surface area contributed by atoms with Crippen molar-refractivity contribution >= 4 is 17.6 Å². The molecule has 1 rings (SSSR count). The Kier molecular flexibility index (Phi) is 2.43. The summed E-state index contributed by atoms with van der Waals surface area (Å²) in [6, 6.07) is 1.61. The summed E-state index contributed by atoms with van der Waals surface area (Å²) in [6.07, 6.45) is 1.14. The molecule has 1 heterocycles. The van der Waals surface area contributed by atoms with E-state index in [1.807, 2.05) is 0 Å². The Labute approximate surface area is 75.7 Å². The van der Waals surface area contributed by atoms with E-state index in [4.69, 9.17) is 11.0 Å². The van der Waals surface area contributed by atoms with Gasteiger partial charge in [-0.2, -0.15) is 18.4 Å². The molecule has 1 aromatic rings. The highest BCUT2D eigenvalue weighted by Crippen LogP contribution is 2.40. The summed E-state index contributed by atoms with van der Waals surface area (Å²) in [5.74, 6) is -0.140. The van der Waals surface area contributed by atoms with Crippen molar-refractivity contribution in [1.82, 2.24) is 4.98 Å². The van der Waals surface area contributed by atoms with Crippen LogP contribution >= 0.6 is 11.8 Å². The number of aromatic nitrogens is 1. The van der Waals surface area contributed by atoms with Crippen LogP contribution in [0.4, 0.5) is 19.0 Å². The minimum atomic E-state index is -4.43. The number of nitriles is 1. The number of anilines is 1. The van der Waals surface area contributed by atoms with Crippen molar-refractivity contribution in [2.75, 3.05) is 5.73 Å². The number of nitrogens with one attached hydrogen (secondary N) is 1. The summed E-state index contributed by atoms with van der Waals surface area (Å²) >= 11 is -0.394. The summed E-state index contributed by atoms with van der Waals surface area (Å²) in [6.45, 7) is 0. The predicted molar refractivity (Wildman–Crippen MR) is 41.8 cm³/mol. The Balaban J connectivity index is 3.00. The topological polar surface area (TPSA) is 65.6 Å². The van der Waals surface area contributed by atoms with E-state index in [1.54, 1.807) is 6.07 Å². The molecule has 0 aromatic carbocycles. The van der Waals surface area contributed by atoms with E-state index < -0.39 is 17.3 Å². The Hall–Kier alpha value is -1.29. The van der Waals surface area contributed by atoms with Crippen LogP contribution in [0.3, 0.4) is 0 Å². The fraction of sp³-hybridized carbons (Fsp3) is 0.167. The van der Waals surface area contributed by atoms with Gasteiger partial charge < -0.3 is 10.7 Å². The Morgan fingerprint density at radius 3 is 2.62 bits per heavy atom. The molecule has 3 N–H and O–H groups in total. The number of aromatic amines is 1. The molecule has 0 unspecified atom stereocenters. The zero-order valence-corrected chi connectivity index (χ0v) is 6.96. The van der Waals surface area contributed by atoms with Crippen molar-refractivity contribution < 1.29 is 13.2 Å². The van der Waals surface area contributed by atoms with Gasteiger partial charge in [-0.3, -0.25) is 0 Å². The van der Waals surface area contributed by atoms with Crippen molar-refractivity contribution in [2.45, 2.75) is 10.4 Å². The molecule has 0 saturated heterocycles. The van der Waals surface area contributed by atoms with Crippen LogP contribution in [-0.4, -0.2) is 10.5 Å². The summed E-state index contributed by atoms with van der Waals surface area (Å²) in [7, 11) is 0. The largest absolute Gasteiger partial charge is 0.446 e. The summed E-state index contributed by atoms with van der Waals surface area (Å²) in [4.78, 5) is 2.08. The first-order valence-electron chi connectivity index (χ1n) is 3.06. The Morgan fingerprint density at radius 1 is 1.54 bits per heavy atom. The quantitative estimate of drug-likeness (QED) is 0.693. The van der Waals surface area contributed by atoms with Gasteiger partial charge in [0.15, 0.2) is 0 Å². The maximum atomic E-state index is 11.9. The third-order valence-electron chi connectivity index (χ3n) is 1.20. The SMILES string of the molecule is N#Cc1c[nH]c(N)c1SC(F)(F)F. The third kappa shape index (κ3) is 2.32. The second-order valence-corrected chi connectivity index (χ2v) is 3.18. The molecule has 1 aromatic heterocycles. The highest BCUT2D eigenvalue weighted by atomic mass is 32.2. The molecule has 0 aliphatic carbocycles. The lowest BCUT2D eigenvalue weighted by atomic mass is 10.4. The molecule has 0 spiro atoms. The maximum Gasteiger partial charge on any atom is 0.446 e. The van der Waals surface area contributed by atoms with Crippen molar-refractivity contribution in [3.05, 3.63) is 11.8 Å². The average Bonchev–Trinajstić information content (AvgIpc) is 2.30. The molecule has 13 heavy (non-hydrogen) atoms. The standard InChI is InChI=1S/C6H4F3N3S/c7-6(8,9)13-4-3(1-10)2-12-5(4)11/h2,12H,11H2. The van der Waals surface area contributed by atoms with E-state index in [1.165, 1.54) is 0 Å². The zero-order valence-electron chi connectivity index (χ0n) is 6.14. The van der Waals surface area contributed by atoms with Gasteiger partial charge in [-0.1, -0.05) is 0 Å². The van der Waals surface area contributed by atoms with Crippen molar-refractivity contribution in [3.63, 3.8) is 0 Å². The van der Waals surface area contributed by atoms with Gasteiger partial charge in [0, 0.05) is 6.20 Å². The van der Waals surface area contributed by atoms with Gasteiger partial charge in [0.05, 0.1) is 10.5 Å². The normalized spacial score (nSPS) is 11.2. The van der Waals surface area contributed by atoms with Crippen LogP contribution in [0.5, 0.6) is 0 Å². The third-order valence-corrected chi connectivity index (χ3v) is 2.07. The highest BCUT2D eigenvalue weighted by Gasteiger charge is 2.32. The number of hydrogen-bond acceptors (Lipinski definition) is 3. The van der Waals surface area contributed by atoms with Crippen molar-refractivity contribution in [3.8, 4) is 6.07 Å². The van der Waals surface area contributed by atoms with E-state index in [0.717, 1.165) is 6.20 Å². The van der Waals surface area contributed by atoms with E-state index in [-0.39, 0.29) is 16.3 Å². The van der Waals surface area contributed by atoms with Gasteiger partial charge in [0.25, 0.3) is 0 Å². The number of halogens is 3. The molecule has 7 heteroatoms. The van der Waals surface area contributed by atoms with Crippen LogP contribution in [0.1, 0.15) is 5.56 Å². The molecule has 0 fully saturated rings. The summed E-state index contributed by atoms with van der Waals surface area (Å²) < 4.78 is 35.7. The van der Waals surface area contributed by atoms with Crippen LogP contribution in [0, 0.1) is 11.3 Å². The lowest BCUT2D eigenvalue weighted by Crippen LogP contribution is -2.00. The van der Waals surface area contributed by atoms with E-state index in [2.05, 4.69) is 4.98 Å². The molecular weight excluding hydrogens is 203 g/mol. The first kappa shape index (κ1) is 9.80. The minimum Gasteiger partial charge on any atom is -0.384 e. The number of nitrogen functional groups attached to an aromatic ring is 1. The van der Waals surface area contributed by atoms with Crippen LogP contribution in [0.15, 0.2) is 11.1 Å². The number of nitrogens with zero attached hydrogens (tertiary/aromatic N) is 1. The average molecular weight is 207 g/mol. The number of alkyl halides is 3. The van der Waals surface area contributed by atoms with Gasteiger partial charge in [0.1, 0.15) is 11.9 Å². The number of H-pyrrole nitrogens is 1. The molecule has 0 radical (unpaired) electrons. The zero-order chi connectivity index (χ0) is 10.1. The summed E-state index contributed by atoms with van der Waals surface area (Å²) in [5, 5.41) is 8.42. The van der Waals surface area contributed by atoms with E-state index in [0.29, 0.717) is 0 Å². The van der Waals surface area contributed by atoms with Crippen LogP contribution in [-0.2, 0) is 0 Å². The second-order valence-electron chi connectivity index (χ2n) is 2.10. The monoisotopic (exact) mass is 207 g/mol. The van der Waals surface area contributed by atoms with Gasteiger partial charge >= 0.3 is 5.51 Å². The Morgan fingerprint density at radius 2 is 2.15 bits per heavy atom. The van der Waals surface area contributed by atoms with Crippen LogP contribution < -0.4 is 5.73 Å². The fourth-order valence-corrected chi connectivity index (χ4v) is 1.35. The molecule has 0 saturated carbocycles. The van der Waals surface area contributed by atoms with E-state index >= 15 is 0 Å². The van der Waals surface area contributed by atoms with Crippen molar-refractivity contribution in [1.29, 1.82) is 5.26 Å². The molecular formula is C6H4F3N3S. The lowest BCUT2D eigenvalue weighted by Gasteiger charge is -2.04. The summed E-state index contributed by atoms with van der Waals surface area (Å²) in [5.41, 5.74) is 0.671. The molecule has 0 atom stereocenters. The Bertz CT molecular complexity index is 349. The van der Waals surface area contributed by atoms with Crippen LogP contribution in [0.25, 0.3) is 0 Å². The predicted octanol–water partition coefficient (Wildman–Crippen LogP) is 2.08. The number of nitrogens with two attached hydrogens (primary N) is 1. The van der Waals surface area contributed by atoms with Gasteiger partial charge in [0.2, 0.25) is 0 Å². The molecule has 0 aliphatic rings. The lowest BCUT2D eigenvalue weighted by molar-refractivity contribution is -0.0328. The maximum absolute atomic E-state index is 11.9. The number of rotatable bonds is 1. The number of thioether (sulfide) groups is 1. The number of hydrogen-bond donors (Lipinski definition) is 2. The molecule has 0 aliphatic heterocycles. The van der Waals surface area contributed by atoms with Crippen molar-refractivity contribution in [2.24, 2.45) is 0 Å². The molecule has 3 nitrogen and oxygen atoms in total. The minimum absolute atomic E-state index is 0.0974. The van der Waals surface area contributed by atoms with E-state index in [9.17, 15) is 13.2 Å². The fourth-order valence-electron chi connectivity index (χ4n) is 0.735. The van der Waals surface area contributed by atoms with Gasteiger partial charge in [-0.15, -0.1) is 0 Å². The molecule has 70 valence electrons. The molecule has 0 amide bonds. The van der Waals surface area contributed by atoms with Crippen LogP contribution in [0.2, 0.25) is 0 Å². The smallest absolute Gasteiger partial charge is 0.384 e. The second kappa shape index (κ2) is 3.22. The first-order chi connectivity index (χ1) is 5.94. The first-order valence-corrected chi connectivity index (χ1v) is 3.88.